The lowest BCUT2D eigenvalue weighted by Crippen LogP contribution is -2.92. The van der Waals surface area contributed by atoms with E-state index < -0.39 is 0 Å². The molecule has 1 nitrogen and oxygen atoms in total. The van der Waals surface area contributed by atoms with Gasteiger partial charge < -0.3 is 5.32 Å². The molecule has 0 amide bonds. The Morgan fingerprint density at radius 2 is 1.83 bits per heavy atom. The van der Waals surface area contributed by atoms with Crippen molar-refractivity contribution in [3.8, 4) is 0 Å². The standard InChI is InChI=1S/C15H17Br2N/c1-3-5-10-9-11-12(16)7-8-13(17)15(11)14(18-10)6-4-2/h3-4,7-8,10,14,18H,1-2,5-6,9H2/p+1/t10-,14+/m0/s1. The molecule has 0 saturated carbocycles. The van der Waals surface area contributed by atoms with Gasteiger partial charge in [0.25, 0.3) is 0 Å². The number of rotatable bonds is 4. The first kappa shape index (κ1) is 14.0. The Kier molecular flexibility index (Phi) is 4.82. The van der Waals surface area contributed by atoms with Gasteiger partial charge in [-0.3, -0.25) is 0 Å². The van der Waals surface area contributed by atoms with Crippen molar-refractivity contribution in [2.24, 2.45) is 0 Å². The molecule has 2 atom stereocenters. The molecule has 0 spiro atoms. The van der Waals surface area contributed by atoms with Gasteiger partial charge in [-0.2, -0.15) is 0 Å². The highest BCUT2D eigenvalue weighted by molar-refractivity contribution is 9.11. The van der Waals surface area contributed by atoms with Crippen LogP contribution in [0.15, 0.2) is 46.4 Å². The number of hydrogen-bond donors (Lipinski definition) is 1. The topological polar surface area (TPSA) is 16.6 Å². The summed E-state index contributed by atoms with van der Waals surface area (Å²) >= 11 is 7.38. The van der Waals surface area contributed by atoms with E-state index in [4.69, 9.17) is 0 Å². The van der Waals surface area contributed by atoms with Crippen LogP contribution in [0.4, 0.5) is 0 Å². The first-order chi connectivity index (χ1) is 8.67. The predicted molar refractivity (Wildman–Crippen MR) is 83.6 cm³/mol. The van der Waals surface area contributed by atoms with E-state index in [1.165, 1.54) is 20.1 Å². The summed E-state index contributed by atoms with van der Waals surface area (Å²) < 4.78 is 2.43. The lowest BCUT2D eigenvalue weighted by Gasteiger charge is -2.30. The monoisotopic (exact) mass is 370 g/mol. The van der Waals surface area contributed by atoms with Crippen molar-refractivity contribution in [3.63, 3.8) is 0 Å². The van der Waals surface area contributed by atoms with E-state index >= 15 is 0 Å². The van der Waals surface area contributed by atoms with Crippen LogP contribution < -0.4 is 5.32 Å². The van der Waals surface area contributed by atoms with Gasteiger partial charge in [-0.05, 0) is 17.7 Å². The maximum absolute atomic E-state index is 3.88. The second kappa shape index (κ2) is 6.18. The maximum atomic E-state index is 3.88. The Morgan fingerprint density at radius 3 is 2.50 bits per heavy atom. The summed E-state index contributed by atoms with van der Waals surface area (Å²) in [5, 5.41) is 2.46. The molecule has 2 rings (SSSR count). The van der Waals surface area contributed by atoms with E-state index in [9.17, 15) is 0 Å². The van der Waals surface area contributed by atoms with E-state index in [-0.39, 0.29) is 0 Å². The van der Waals surface area contributed by atoms with Crippen LogP contribution in [-0.4, -0.2) is 6.04 Å². The fraction of sp³-hybridized carbons (Fsp3) is 0.333. The van der Waals surface area contributed by atoms with Crippen molar-refractivity contribution in [1.82, 2.24) is 0 Å². The average Bonchev–Trinajstić information content (AvgIpc) is 2.34. The number of fused-ring (bicyclic) bond motifs is 1. The summed E-state index contributed by atoms with van der Waals surface area (Å²) in [6.07, 6.45) is 7.16. The number of nitrogens with two attached hydrogens (primary N) is 1. The number of quaternary nitrogens is 1. The van der Waals surface area contributed by atoms with Gasteiger partial charge in [0.15, 0.2) is 0 Å². The molecule has 0 radical (unpaired) electrons. The zero-order valence-electron chi connectivity index (χ0n) is 10.3. The van der Waals surface area contributed by atoms with E-state index in [0.29, 0.717) is 12.1 Å². The molecule has 2 N–H and O–H groups in total. The molecule has 0 aliphatic carbocycles. The Morgan fingerprint density at radius 1 is 1.17 bits per heavy atom. The Labute approximate surface area is 126 Å². The van der Waals surface area contributed by atoms with Gasteiger partial charge in [0.2, 0.25) is 0 Å². The van der Waals surface area contributed by atoms with E-state index in [1.54, 1.807) is 0 Å². The molecule has 18 heavy (non-hydrogen) atoms. The summed E-state index contributed by atoms with van der Waals surface area (Å²) in [6, 6.07) is 5.30. The van der Waals surface area contributed by atoms with Crippen LogP contribution in [-0.2, 0) is 6.42 Å². The molecule has 3 heteroatoms. The van der Waals surface area contributed by atoms with Crippen LogP contribution >= 0.6 is 31.9 Å². The summed E-state index contributed by atoms with van der Waals surface area (Å²) in [7, 11) is 0. The van der Waals surface area contributed by atoms with Crippen molar-refractivity contribution in [1.29, 1.82) is 0 Å². The molecule has 1 aliphatic rings. The van der Waals surface area contributed by atoms with Gasteiger partial charge in [-0.25, -0.2) is 0 Å². The van der Waals surface area contributed by atoms with E-state index in [2.05, 4.69) is 62.5 Å². The van der Waals surface area contributed by atoms with Crippen LogP contribution in [0.5, 0.6) is 0 Å². The van der Waals surface area contributed by atoms with Crippen molar-refractivity contribution < 1.29 is 5.32 Å². The fourth-order valence-corrected chi connectivity index (χ4v) is 3.90. The molecule has 1 aromatic carbocycles. The maximum Gasteiger partial charge on any atom is 0.117 e. The highest BCUT2D eigenvalue weighted by atomic mass is 79.9. The molecule has 0 bridgehead atoms. The molecule has 0 saturated heterocycles. The van der Waals surface area contributed by atoms with Gasteiger partial charge >= 0.3 is 0 Å². The lowest BCUT2D eigenvalue weighted by atomic mass is 9.87. The van der Waals surface area contributed by atoms with Crippen molar-refractivity contribution in [3.05, 3.63) is 57.5 Å². The number of halogens is 2. The van der Waals surface area contributed by atoms with Crippen molar-refractivity contribution in [2.45, 2.75) is 31.3 Å². The normalized spacial score (nSPS) is 22.3. The minimum absolute atomic E-state index is 0.461. The SMILES string of the molecule is C=CC[C@H]1Cc2c(Br)ccc(Br)c2[C@@H](CC=C)[NH2+]1. The summed E-state index contributed by atoms with van der Waals surface area (Å²) in [5.41, 5.74) is 2.86. The Balaban J connectivity index is 2.43. The molecule has 96 valence electrons. The molecular weight excluding hydrogens is 354 g/mol. The first-order valence-corrected chi connectivity index (χ1v) is 7.79. The quantitative estimate of drug-likeness (QED) is 0.773. The van der Waals surface area contributed by atoms with Gasteiger partial charge in [0, 0.05) is 33.8 Å². The van der Waals surface area contributed by atoms with Gasteiger partial charge in [0.1, 0.15) is 6.04 Å². The molecule has 1 heterocycles. The molecular formula is C15H18Br2N+. The van der Waals surface area contributed by atoms with E-state index in [1.807, 2.05) is 12.2 Å². The largest absolute Gasteiger partial charge is 0.337 e. The van der Waals surface area contributed by atoms with Crippen LogP contribution in [0, 0.1) is 0 Å². The average molecular weight is 372 g/mol. The zero-order chi connectivity index (χ0) is 13.1. The molecule has 1 aromatic rings. The first-order valence-electron chi connectivity index (χ1n) is 6.21. The number of hydrogen-bond acceptors (Lipinski definition) is 0. The lowest BCUT2D eigenvalue weighted by molar-refractivity contribution is -0.730. The summed E-state index contributed by atoms with van der Waals surface area (Å²) in [5.74, 6) is 0. The van der Waals surface area contributed by atoms with Crippen LogP contribution in [0.2, 0.25) is 0 Å². The van der Waals surface area contributed by atoms with Crippen LogP contribution in [0.25, 0.3) is 0 Å². The predicted octanol–water partition coefficient (Wildman–Crippen LogP) is 3.89. The Bertz CT molecular complexity index is 468. The van der Waals surface area contributed by atoms with Gasteiger partial charge in [0.05, 0.1) is 6.04 Å². The molecule has 0 aromatic heterocycles. The molecule has 1 aliphatic heterocycles. The minimum atomic E-state index is 0.461. The van der Waals surface area contributed by atoms with Gasteiger partial charge in [-0.1, -0.05) is 44.0 Å². The second-order valence-corrected chi connectivity index (χ2v) is 6.44. The van der Waals surface area contributed by atoms with Gasteiger partial charge in [-0.15, -0.1) is 13.2 Å². The van der Waals surface area contributed by atoms with Crippen molar-refractivity contribution >= 4 is 31.9 Å². The third-order valence-electron chi connectivity index (χ3n) is 3.48. The second-order valence-electron chi connectivity index (χ2n) is 4.73. The molecule has 0 fully saturated rings. The van der Waals surface area contributed by atoms with Crippen molar-refractivity contribution in [2.75, 3.05) is 0 Å². The van der Waals surface area contributed by atoms with E-state index in [0.717, 1.165) is 19.3 Å². The highest BCUT2D eigenvalue weighted by Gasteiger charge is 2.31. The van der Waals surface area contributed by atoms with Crippen LogP contribution in [0.1, 0.15) is 30.0 Å². The fourth-order valence-electron chi connectivity index (χ4n) is 2.72. The summed E-state index contributed by atoms with van der Waals surface area (Å²) in [6.45, 7) is 7.74. The third-order valence-corrected chi connectivity index (χ3v) is 4.91. The molecule has 0 unspecified atom stereocenters. The zero-order valence-corrected chi connectivity index (χ0v) is 13.5. The minimum Gasteiger partial charge on any atom is -0.337 e. The Hall–Kier alpha value is -0.380. The number of benzene rings is 1. The smallest absolute Gasteiger partial charge is 0.117 e. The third kappa shape index (κ3) is 2.79. The summed E-state index contributed by atoms with van der Waals surface area (Å²) in [4.78, 5) is 0. The van der Waals surface area contributed by atoms with Crippen LogP contribution in [0.3, 0.4) is 0 Å². The highest BCUT2D eigenvalue weighted by Crippen LogP contribution is 2.35.